The van der Waals surface area contributed by atoms with E-state index in [2.05, 4.69) is 10.2 Å². The highest BCUT2D eigenvalue weighted by Gasteiger charge is 2.30. The minimum Gasteiger partial charge on any atom is -0.497 e. The number of amides is 2. The fourth-order valence-electron chi connectivity index (χ4n) is 5.16. The first-order valence-electron chi connectivity index (χ1n) is 12.8. The maximum Gasteiger partial charge on any atom is 0.405 e. The maximum absolute atomic E-state index is 13.1. The number of nitrogens with one attached hydrogen (secondary N) is 1. The number of aromatic nitrogens is 2. The molecule has 1 atom stereocenters. The topological polar surface area (TPSA) is 121 Å². The van der Waals surface area contributed by atoms with Crippen LogP contribution in [0.25, 0.3) is 11.0 Å². The van der Waals surface area contributed by atoms with Crippen molar-refractivity contribution < 1.29 is 19.1 Å². The van der Waals surface area contributed by atoms with E-state index in [0.29, 0.717) is 30.3 Å². The van der Waals surface area contributed by atoms with Crippen LogP contribution in [0.3, 0.4) is 0 Å². The number of piperidine rings is 1. The molecule has 1 saturated carbocycles. The van der Waals surface area contributed by atoms with Crippen LogP contribution < -0.4 is 21.5 Å². The molecule has 3 aromatic rings. The Morgan fingerprint density at radius 1 is 1.05 bits per heavy atom. The Morgan fingerprint density at radius 2 is 1.76 bits per heavy atom. The largest absolute Gasteiger partial charge is 0.497 e. The number of ether oxygens (including phenoxy) is 2. The van der Waals surface area contributed by atoms with Crippen molar-refractivity contribution in [3.05, 3.63) is 64.6 Å². The summed E-state index contributed by atoms with van der Waals surface area (Å²) in [6.45, 7) is 2.61. The van der Waals surface area contributed by atoms with Crippen molar-refractivity contribution in [2.75, 3.05) is 33.3 Å². The molecule has 5 rings (SSSR count). The molecule has 3 N–H and O–H groups in total. The van der Waals surface area contributed by atoms with Gasteiger partial charge in [0.1, 0.15) is 11.9 Å². The van der Waals surface area contributed by atoms with Crippen molar-refractivity contribution in [3.63, 3.8) is 0 Å². The fraction of sp³-hybridized carbons (Fsp3) is 0.444. The Bertz CT molecular complexity index is 1340. The lowest BCUT2D eigenvalue weighted by atomic mass is 9.96. The molecule has 38 heavy (non-hydrogen) atoms. The van der Waals surface area contributed by atoms with E-state index in [0.717, 1.165) is 49.9 Å². The standard InChI is InChI=1S/C27H33N5O5.ClH/c1-36-21-6-4-5-19(15-21)24(37-25(28)33)17-30-13-11-18(12-14-30)16-29-26(34)32-23-8-3-2-7-22(23)31(27(32)35)20-9-10-20;/h2-8,15,18,20,24H,9-14,16-17H2,1H3,(H2,28,33)(H,29,34);1H. The lowest BCUT2D eigenvalue weighted by molar-refractivity contribution is 0.0636. The summed E-state index contributed by atoms with van der Waals surface area (Å²) in [6.07, 6.45) is 2.37. The number of carbonyl (C=O) groups excluding carboxylic acids is 2. The monoisotopic (exact) mass is 543 g/mol. The number of likely N-dealkylation sites (tertiary alicyclic amines) is 1. The molecular weight excluding hydrogens is 510 g/mol. The first-order chi connectivity index (χ1) is 17.9. The summed E-state index contributed by atoms with van der Waals surface area (Å²) < 4.78 is 13.7. The molecule has 2 amide bonds. The van der Waals surface area contributed by atoms with Crippen LogP contribution in [0.2, 0.25) is 0 Å². The smallest absolute Gasteiger partial charge is 0.405 e. The van der Waals surface area contributed by atoms with Gasteiger partial charge in [-0.3, -0.25) is 9.47 Å². The van der Waals surface area contributed by atoms with Gasteiger partial charge in [-0.05, 0) is 74.5 Å². The quantitative estimate of drug-likeness (QED) is 0.447. The maximum atomic E-state index is 13.1. The van der Waals surface area contributed by atoms with Crippen LogP contribution in [0.5, 0.6) is 5.75 Å². The summed E-state index contributed by atoms with van der Waals surface area (Å²) >= 11 is 0. The number of methoxy groups -OCH3 is 1. The van der Waals surface area contributed by atoms with Crippen LogP contribution in [-0.4, -0.2) is 59.4 Å². The molecule has 204 valence electrons. The van der Waals surface area contributed by atoms with E-state index >= 15 is 0 Å². The van der Waals surface area contributed by atoms with Crippen LogP contribution in [-0.2, 0) is 4.74 Å². The second-order valence-electron chi connectivity index (χ2n) is 9.84. The number of fused-ring (bicyclic) bond motifs is 1. The van der Waals surface area contributed by atoms with Crippen LogP contribution >= 0.6 is 12.4 Å². The number of nitrogens with zero attached hydrogens (tertiary/aromatic N) is 3. The Labute approximate surface area is 227 Å². The third-order valence-electron chi connectivity index (χ3n) is 7.29. The van der Waals surface area contributed by atoms with Crippen LogP contribution in [0.4, 0.5) is 9.59 Å². The molecule has 0 bridgehead atoms. The zero-order valence-corrected chi connectivity index (χ0v) is 22.2. The van der Waals surface area contributed by atoms with Gasteiger partial charge in [-0.1, -0.05) is 24.3 Å². The summed E-state index contributed by atoms with van der Waals surface area (Å²) in [7, 11) is 1.59. The fourth-order valence-corrected chi connectivity index (χ4v) is 5.16. The minimum atomic E-state index is -0.816. The predicted octanol–water partition coefficient (Wildman–Crippen LogP) is 3.67. The summed E-state index contributed by atoms with van der Waals surface area (Å²) in [5.74, 6) is 0.976. The molecule has 2 heterocycles. The molecule has 1 aromatic heterocycles. The second kappa shape index (κ2) is 11.9. The van der Waals surface area contributed by atoms with E-state index in [9.17, 15) is 14.4 Å². The third-order valence-corrected chi connectivity index (χ3v) is 7.29. The lowest BCUT2D eigenvalue weighted by Gasteiger charge is -2.34. The van der Waals surface area contributed by atoms with Gasteiger partial charge in [0, 0.05) is 19.1 Å². The number of hydrogen-bond donors (Lipinski definition) is 2. The number of para-hydroxylation sites is 2. The van der Waals surface area contributed by atoms with Gasteiger partial charge in [0.15, 0.2) is 0 Å². The van der Waals surface area contributed by atoms with Crippen molar-refractivity contribution in [2.45, 2.75) is 37.8 Å². The predicted molar refractivity (Wildman–Crippen MR) is 146 cm³/mol. The Hall–Kier alpha value is -3.50. The zero-order valence-electron chi connectivity index (χ0n) is 21.4. The molecule has 2 aromatic carbocycles. The first-order valence-corrected chi connectivity index (χ1v) is 12.8. The number of primary amides is 1. The van der Waals surface area contributed by atoms with Gasteiger partial charge in [0.2, 0.25) is 0 Å². The van der Waals surface area contributed by atoms with E-state index in [1.165, 1.54) is 4.57 Å². The van der Waals surface area contributed by atoms with Gasteiger partial charge in [-0.25, -0.2) is 19.0 Å². The first kappa shape index (κ1) is 27.5. The minimum absolute atomic E-state index is 0. The van der Waals surface area contributed by atoms with Gasteiger partial charge >= 0.3 is 17.8 Å². The summed E-state index contributed by atoms with van der Waals surface area (Å²) in [6, 6.07) is 14.7. The summed E-state index contributed by atoms with van der Waals surface area (Å²) in [4.78, 5) is 39.9. The van der Waals surface area contributed by atoms with Crippen molar-refractivity contribution in [1.29, 1.82) is 0 Å². The van der Waals surface area contributed by atoms with Crippen LogP contribution in [0.1, 0.15) is 43.4 Å². The normalized spacial score (nSPS) is 17.0. The highest BCUT2D eigenvalue weighted by Crippen LogP contribution is 2.36. The molecule has 2 fully saturated rings. The molecule has 0 radical (unpaired) electrons. The average Bonchev–Trinajstić information content (AvgIpc) is 3.69. The molecule has 2 aliphatic rings. The number of nitrogens with two attached hydrogens (primary N) is 1. The Kier molecular flexibility index (Phi) is 8.63. The van der Waals surface area contributed by atoms with Gasteiger partial charge in [0.25, 0.3) is 0 Å². The van der Waals surface area contributed by atoms with E-state index in [-0.39, 0.29) is 30.2 Å². The third kappa shape index (κ3) is 5.97. The molecule has 1 saturated heterocycles. The number of carbonyl (C=O) groups is 2. The Morgan fingerprint density at radius 3 is 2.42 bits per heavy atom. The molecule has 0 spiro atoms. The zero-order chi connectivity index (χ0) is 25.9. The van der Waals surface area contributed by atoms with Gasteiger partial charge in [0.05, 0.1) is 18.1 Å². The van der Waals surface area contributed by atoms with Gasteiger partial charge < -0.3 is 20.5 Å². The van der Waals surface area contributed by atoms with E-state index in [1.807, 2.05) is 48.5 Å². The SMILES string of the molecule is COc1cccc(C(CN2CCC(CNC(=O)n3c(=O)n(C4CC4)c4ccccc43)CC2)OC(N)=O)c1.Cl. The van der Waals surface area contributed by atoms with Crippen molar-refractivity contribution in [3.8, 4) is 5.75 Å². The summed E-state index contributed by atoms with van der Waals surface area (Å²) in [5.41, 5.74) is 7.34. The van der Waals surface area contributed by atoms with Gasteiger partial charge in [-0.15, -0.1) is 12.4 Å². The number of hydrogen-bond acceptors (Lipinski definition) is 6. The molecule has 1 aliphatic carbocycles. The molecule has 1 unspecified atom stereocenters. The van der Waals surface area contributed by atoms with Crippen molar-refractivity contribution in [2.24, 2.45) is 11.7 Å². The van der Waals surface area contributed by atoms with E-state index < -0.39 is 12.2 Å². The van der Waals surface area contributed by atoms with Crippen LogP contribution in [0.15, 0.2) is 53.3 Å². The number of benzene rings is 2. The van der Waals surface area contributed by atoms with Crippen LogP contribution in [0, 0.1) is 5.92 Å². The molecule has 1 aliphatic heterocycles. The number of imidazole rings is 1. The molecule has 11 heteroatoms. The second-order valence-corrected chi connectivity index (χ2v) is 9.84. The molecular formula is C27H34ClN5O5. The van der Waals surface area contributed by atoms with Gasteiger partial charge in [-0.2, -0.15) is 0 Å². The highest BCUT2D eigenvalue weighted by molar-refractivity contribution is 5.89. The van der Waals surface area contributed by atoms with Crippen molar-refractivity contribution in [1.82, 2.24) is 19.4 Å². The highest BCUT2D eigenvalue weighted by atomic mass is 35.5. The molecule has 10 nitrogen and oxygen atoms in total. The number of halogens is 1. The Balaban J connectivity index is 0.00000336. The van der Waals surface area contributed by atoms with E-state index in [4.69, 9.17) is 15.2 Å². The average molecular weight is 544 g/mol. The number of rotatable bonds is 8. The van der Waals surface area contributed by atoms with Crippen molar-refractivity contribution >= 4 is 35.6 Å². The van der Waals surface area contributed by atoms with E-state index in [1.54, 1.807) is 11.7 Å². The lowest BCUT2D eigenvalue weighted by Crippen LogP contribution is -2.43. The summed E-state index contributed by atoms with van der Waals surface area (Å²) in [5, 5.41) is 2.99.